The number of hydrogen-bond acceptors (Lipinski definition) is 4. The van der Waals surface area contributed by atoms with Gasteiger partial charge in [0.15, 0.2) is 5.58 Å². The molecule has 4 nitrogen and oxygen atoms in total. The largest absolute Gasteiger partial charge is 0.436 e. The SMILES string of the molecule is Cc1ccccc1-c1nc2ccc(NC(=O)CSc3ccc(Cl)cc3)cc2o1. The molecular weight excluding hydrogens is 392 g/mol. The van der Waals surface area contributed by atoms with Crippen LogP contribution in [0.15, 0.2) is 76.0 Å². The first-order valence-electron chi connectivity index (χ1n) is 8.73. The van der Waals surface area contributed by atoms with E-state index in [1.807, 2.05) is 67.6 Å². The standard InChI is InChI=1S/C22H17ClN2O2S/c1-14-4-2-3-5-18(14)22-25-19-11-8-16(12-20(19)27-22)24-21(26)13-28-17-9-6-15(23)7-10-17/h2-12H,13H2,1H3,(H,24,26). The maximum absolute atomic E-state index is 12.3. The zero-order chi connectivity index (χ0) is 19.5. The number of aromatic nitrogens is 1. The average Bonchev–Trinajstić information content (AvgIpc) is 3.11. The molecule has 0 saturated carbocycles. The molecule has 0 radical (unpaired) electrons. The van der Waals surface area contributed by atoms with Gasteiger partial charge >= 0.3 is 0 Å². The van der Waals surface area contributed by atoms with Crippen LogP contribution in [0, 0.1) is 6.92 Å². The summed E-state index contributed by atoms with van der Waals surface area (Å²) < 4.78 is 5.92. The molecule has 0 fully saturated rings. The Morgan fingerprint density at radius 1 is 1.11 bits per heavy atom. The third-order valence-electron chi connectivity index (χ3n) is 4.23. The average molecular weight is 409 g/mol. The van der Waals surface area contributed by atoms with Crippen molar-refractivity contribution in [3.8, 4) is 11.5 Å². The first-order chi connectivity index (χ1) is 13.6. The van der Waals surface area contributed by atoms with Crippen LogP contribution in [0.2, 0.25) is 5.02 Å². The minimum absolute atomic E-state index is 0.0852. The number of oxazole rings is 1. The van der Waals surface area contributed by atoms with Crippen LogP contribution in [0.5, 0.6) is 0 Å². The molecule has 4 rings (SSSR count). The van der Waals surface area contributed by atoms with Crippen LogP contribution in [0.4, 0.5) is 5.69 Å². The second kappa shape index (κ2) is 8.09. The quantitative estimate of drug-likeness (QED) is 0.400. The Balaban J connectivity index is 1.46. The van der Waals surface area contributed by atoms with Gasteiger partial charge in [-0.3, -0.25) is 4.79 Å². The van der Waals surface area contributed by atoms with E-state index in [4.69, 9.17) is 16.0 Å². The molecule has 1 aromatic heterocycles. The Kier molecular flexibility index (Phi) is 5.37. The fourth-order valence-electron chi connectivity index (χ4n) is 2.81. The minimum Gasteiger partial charge on any atom is -0.436 e. The van der Waals surface area contributed by atoms with E-state index in [0.29, 0.717) is 27.9 Å². The lowest BCUT2D eigenvalue weighted by atomic mass is 10.1. The van der Waals surface area contributed by atoms with E-state index in [-0.39, 0.29) is 5.91 Å². The van der Waals surface area contributed by atoms with Gasteiger partial charge in [-0.2, -0.15) is 0 Å². The van der Waals surface area contributed by atoms with Gasteiger partial charge in [0, 0.05) is 27.2 Å². The van der Waals surface area contributed by atoms with Crippen molar-refractivity contribution in [1.82, 2.24) is 4.98 Å². The summed E-state index contributed by atoms with van der Waals surface area (Å²) in [4.78, 5) is 17.8. The normalized spacial score (nSPS) is 10.9. The van der Waals surface area contributed by atoms with E-state index in [1.54, 1.807) is 6.07 Å². The molecule has 0 aliphatic heterocycles. The van der Waals surface area contributed by atoms with Gasteiger partial charge in [-0.15, -0.1) is 11.8 Å². The molecule has 0 atom stereocenters. The highest BCUT2D eigenvalue weighted by molar-refractivity contribution is 8.00. The number of aryl methyl sites for hydroxylation is 1. The molecule has 0 bridgehead atoms. The number of rotatable bonds is 5. The fraction of sp³-hybridized carbons (Fsp3) is 0.0909. The number of amides is 1. The van der Waals surface area contributed by atoms with Crippen LogP contribution in [0.3, 0.4) is 0 Å². The molecule has 0 aliphatic carbocycles. The van der Waals surface area contributed by atoms with Crippen LogP contribution in [-0.2, 0) is 4.79 Å². The van der Waals surface area contributed by atoms with Gasteiger partial charge in [0.1, 0.15) is 5.52 Å². The van der Waals surface area contributed by atoms with Crippen molar-refractivity contribution in [2.24, 2.45) is 0 Å². The molecule has 140 valence electrons. The lowest BCUT2D eigenvalue weighted by Gasteiger charge is -2.05. The van der Waals surface area contributed by atoms with Crippen molar-refractivity contribution in [3.05, 3.63) is 77.3 Å². The van der Waals surface area contributed by atoms with Crippen molar-refractivity contribution in [2.45, 2.75) is 11.8 Å². The number of carbonyl (C=O) groups is 1. The zero-order valence-electron chi connectivity index (χ0n) is 15.1. The van der Waals surface area contributed by atoms with Crippen molar-refractivity contribution in [3.63, 3.8) is 0 Å². The first-order valence-corrected chi connectivity index (χ1v) is 10.1. The van der Waals surface area contributed by atoms with Crippen molar-refractivity contribution in [2.75, 3.05) is 11.1 Å². The van der Waals surface area contributed by atoms with Crippen molar-refractivity contribution < 1.29 is 9.21 Å². The Hall–Kier alpha value is -2.76. The summed E-state index contributed by atoms with van der Waals surface area (Å²) in [6.45, 7) is 2.02. The Morgan fingerprint density at radius 3 is 2.68 bits per heavy atom. The fourth-order valence-corrected chi connectivity index (χ4v) is 3.63. The number of thioether (sulfide) groups is 1. The van der Waals surface area contributed by atoms with Gasteiger partial charge in [0.25, 0.3) is 0 Å². The highest BCUT2D eigenvalue weighted by Gasteiger charge is 2.11. The molecule has 1 amide bonds. The number of fused-ring (bicyclic) bond motifs is 1. The van der Waals surface area contributed by atoms with E-state index in [1.165, 1.54) is 11.8 Å². The van der Waals surface area contributed by atoms with Gasteiger partial charge in [-0.25, -0.2) is 4.98 Å². The molecule has 1 heterocycles. The number of nitrogens with zero attached hydrogens (tertiary/aromatic N) is 1. The summed E-state index contributed by atoms with van der Waals surface area (Å²) >= 11 is 7.33. The summed E-state index contributed by atoms with van der Waals surface area (Å²) in [5.41, 5.74) is 4.14. The second-order valence-corrected chi connectivity index (χ2v) is 7.79. The summed E-state index contributed by atoms with van der Waals surface area (Å²) in [5.74, 6) is 0.803. The molecule has 3 aromatic carbocycles. The van der Waals surface area contributed by atoms with E-state index in [0.717, 1.165) is 21.5 Å². The summed E-state index contributed by atoms with van der Waals surface area (Å²) in [5, 5.41) is 3.58. The minimum atomic E-state index is -0.0852. The number of halogens is 1. The lowest BCUT2D eigenvalue weighted by molar-refractivity contribution is -0.113. The van der Waals surface area contributed by atoms with Crippen LogP contribution in [-0.4, -0.2) is 16.6 Å². The number of anilines is 1. The molecule has 6 heteroatoms. The maximum Gasteiger partial charge on any atom is 0.234 e. The van der Waals surface area contributed by atoms with E-state index in [9.17, 15) is 4.79 Å². The van der Waals surface area contributed by atoms with Crippen LogP contribution in [0.1, 0.15) is 5.56 Å². The molecule has 0 unspecified atom stereocenters. The molecule has 4 aromatic rings. The summed E-state index contributed by atoms with van der Waals surface area (Å²) in [6, 6.07) is 20.8. The van der Waals surface area contributed by atoms with Crippen LogP contribution < -0.4 is 5.32 Å². The predicted molar refractivity (Wildman–Crippen MR) is 115 cm³/mol. The molecular formula is C22H17ClN2O2S. The smallest absolute Gasteiger partial charge is 0.234 e. The highest BCUT2D eigenvalue weighted by Crippen LogP contribution is 2.28. The Bertz CT molecular complexity index is 1140. The monoisotopic (exact) mass is 408 g/mol. The first kappa shape index (κ1) is 18.6. The maximum atomic E-state index is 12.3. The van der Waals surface area contributed by atoms with Crippen molar-refractivity contribution in [1.29, 1.82) is 0 Å². The van der Waals surface area contributed by atoms with E-state index in [2.05, 4.69) is 10.3 Å². The highest BCUT2D eigenvalue weighted by atomic mass is 35.5. The third-order valence-corrected chi connectivity index (χ3v) is 5.50. The third kappa shape index (κ3) is 4.21. The Labute approximate surface area is 171 Å². The Morgan fingerprint density at radius 2 is 1.89 bits per heavy atom. The lowest BCUT2D eigenvalue weighted by Crippen LogP contribution is -2.13. The molecule has 28 heavy (non-hydrogen) atoms. The van der Waals surface area contributed by atoms with Gasteiger partial charge < -0.3 is 9.73 Å². The number of carbonyl (C=O) groups excluding carboxylic acids is 1. The van der Waals surface area contributed by atoms with Gasteiger partial charge in [-0.1, -0.05) is 29.8 Å². The number of nitrogens with one attached hydrogen (secondary N) is 1. The number of hydrogen-bond donors (Lipinski definition) is 1. The van der Waals surface area contributed by atoms with Crippen molar-refractivity contribution >= 4 is 46.1 Å². The summed E-state index contributed by atoms with van der Waals surface area (Å²) in [7, 11) is 0. The predicted octanol–water partition coefficient (Wildman–Crippen LogP) is 6.19. The molecule has 0 saturated heterocycles. The topological polar surface area (TPSA) is 55.1 Å². The van der Waals surface area contributed by atoms with Gasteiger partial charge in [0.05, 0.1) is 5.75 Å². The summed E-state index contributed by atoms with van der Waals surface area (Å²) in [6.07, 6.45) is 0. The molecule has 0 aliphatic rings. The molecule has 0 spiro atoms. The number of benzene rings is 3. The van der Waals surface area contributed by atoms with E-state index < -0.39 is 0 Å². The van der Waals surface area contributed by atoms with E-state index >= 15 is 0 Å². The van der Waals surface area contributed by atoms with Gasteiger partial charge in [0.2, 0.25) is 11.8 Å². The van der Waals surface area contributed by atoms with Gasteiger partial charge in [-0.05, 0) is 55.0 Å². The molecule has 1 N–H and O–H groups in total. The van der Waals surface area contributed by atoms with Crippen LogP contribution in [0.25, 0.3) is 22.6 Å². The van der Waals surface area contributed by atoms with Crippen LogP contribution >= 0.6 is 23.4 Å². The zero-order valence-corrected chi connectivity index (χ0v) is 16.7. The second-order valence-electron chi connectivity index (χ2n) is 6.31.